The predicted molar refractivity (Wildman–Crippen MR) is 106 cm³/mol. The summed E-state index contributed by atoms with van der Waals surface area (Å²) in [6.45, 7) is 9.83. The average molecular weight is 382 g/mol. The van der Waals surface area contributed by atoms with E-state index < -0.39 is 0 Å². The summed E-state index contributed by atoms with van der Waals surface area (Å²) in [5, 5.41) is 0. The van der Waals surface area contributed by atoms with Gasteiger partial charge >= 0.3 is 0 Å². The van der Waals surface area contributed by atoms with Crippen molar-refractivity contribution in [2.24, 2.45) is 17.6 Å². The molecule has 1 saturated heterocycles. The van der Waals surface area contributed by atoms with Crippen molar-refractivity contribution in [1.29, 1.82) is 0 Å². The summed E-state index contributed by atoms with van der Waals surface area (Å²) in [6.07, 6.45) is 7.75. The van der Waals surface area contributed by atoms with Crippen molar-refractivity contribution in [1.82, 2.24) is 9.80 Å². The van der Waals surface area contributed by atoms with Crippen LogP contribution in [-0.4, -0.2) is 54.5 Å². The molecule has 2 N–H and O–H groups in total. The Kier molecular flexibility index (Phi) is 12.3. The van der Waals surface area contributed by atoms with E-state index in [-0.39, 0.29) is 30.9 Å². The zero-order chi connectivity index (χ0) is 15.9. The standard InChI is InChI=1S/C18H35N3O.2ClH/c1-3-20(4-2)14-15-9-11-21(12-10-15)18(22)13-16-7-5-6-8-17(16)19;;/h15-17H,3-14,19H2,1-2H3;2*1H. The number of likely N-dealkylation sites (tertiary alicyclic amines) is 1. The highest BCUT2D eigenvalue weighted by Gasteiger charge is 2.28. The van der Waals surface area contributed by atoms with Crippen molar-refractivity contribution < 1.29 is 4.79 Å². The second-order valence-corrected chi connectivity index (χ2v) is 7.22. The molecule has 24 heavy (non-hydrogen) atoms. The van der Waals surface area contributed by atoms with Gasteiger partial charge in [0.05, 0.1) is 0 Å². The van der Waals surface area contributed by atoms with Crippen LogP contribution in [0.5, 0.6) is 0 Å². The van der Waals surface area contributed by atoms with Crippen LogP contribution in [0.15, 0.2) is 0 Å². The first kappa shape index (κ1) is 24.0. The Morgan fingerprint density at radius 1 is 1.04 bits per heavy atom. The van der Waals surface area contributed by atoms with E-state index >= 15 is 0 Å². The molecule has 1 aliphatic carbocycles. The van der Waals surface area contributed by atoms with Gasteiger partial charge in [-0.2, -0.15) is 0 Å². The fourth-order valence-corrected chi connectivity index (χ4v) is 4.06. The molecule has 0 aromatic carbocycles. The normalized spacial score (nSPS) is 25.1. The zero-order valence-electron chi connectivity index (χ0n) is 15.4. The molecule has 6 heteroatoms. The number of piperidine rings is 1. The van der Waals surface area contributed by atoms with Gasteiger partial charge in [-0.05, 0) is 50.6 Å². The molecule has 0 aromatic rings. The van der Waals surface area contributed by atoms with Gasteiger partial charge in [-0.1, -0.05) is 26.7 Å². The predicted octanol–water partition coefficient (Wildman–Crippen LogP) is 3.32. The Labute approximate surface area is 160 Å². The van der Waals surface area contributed by atoms with E-state index in [4.69, 9.17) is 5.73 Å². The molecule has 0 aromatic heterocycles. The van der Waals surface area contributed by atoms with E-state index in [2.05, 4.69) is 23.6 Å². The van der Waals surface area contributed by atoms with E-state index in [0.29, 0.717) is 18.2 Å². The molecule has 2 fully saturated rings. The second-order valence-electron chi connectivity index (χ2n) is 7.22. The Hall–Kier alpha value is -0.0300. The minimum absolute atomic E-state index is 0. The van der Waals surface area contributed by atoms with Crippen molar-refractivity contribution in [3.8, 4) is 0 Å². The van der Waals surface area contributed by atoms with Crippen LogP contribution in [0.25, 0.3) is 0 Å². The van der Waals surface area contributed by atoms with Gasteiger partial charge in [-0.3, -0.25) is 4.79 Å². The van der Waals surface area contributed by atoms with Crippen LogP contribution >= 0.6 is 24.8 Å². The van der Waals surface area contributed by atoms with Gasteiger partial charge in [0.15, 0.2) is 0 Å². The molecule has 2 atom stereocenters. The van der Waals surface area contributed by atoms with Gasteiger partial charge in [0, 0.05) is 32.1 Å². The summed E-state index contributed by atoms with van der Waals surface area (Å²) in [6, 6.07) is 0.248. The maximum Gasteiger partial charge on any atom is 0.222 e. The highest BCUT2D eigenvalue weighted by Crippen LogP contribution is 2.27. The third-order valence-electron chi connectivity index (χ3n) is 5.78. The largest absolute Gasteiger partial charge is 0.343 e. The lowest BCUT2D eigenvalue weighted by atomic mass is 9.82. The molecule has 0 radical (unpaired) electrons. The lowest BCUT2D eigenvalue weighted by Gasteiger charge is -2.36. The average Bonchev–Trinajstić information content (AvgIpc) is 2.55. The fraction of sp³-hybridized carbons (Fsp3) is 0.944. The molecule has 1 aliphatic heterocycles. The van der Waals surface area contributed by atoms with Crippen LogP contribution in [0.1, 0.15) is 58.8 Å². The van der Waals surface area contributed by atoms with Crippen molar-refractivity contribution in [2.75, 3.05) is 32.7 Å². The molecule has 0 spiro atoms. The third-order valence-corrected chi connectivity index (χ3v) is 5.78. The van der Waals surface area contributed by atoms with Crippen LogP contribution in [-0.2, 0) is 4.79 Å². The minimum atomic E-state index is 0. The molecule has 1 amide bonds. The van der Waals surface area contributed by atoms with E-state index in [1.54, 1.807) is 0 Å². The Bertz CT molecular complexity index is 345. The highest BCUT2D eigenvalue weighted by atomic mass is 35.5. The quantitative estimate of drug-likeness (QED) is 0.767. The number of carbonyl (C=O) groups excluding carboxylic acids is 1. The van der Waals surface area contributed by atoms with Gasteiger partial charge in [0.1, 0.15) is 0 Å². The molecule has 0 bridgehead atoms. The summed E-state index contributed by atoms with van der Waals surface area (Å²) in [4.78, 5) is 17.1. The summed E-state index contributed by atoms with van der Waals surface area (Å²) in [5.74, 6) is 1.54. The summed E-state index contributed by atoms with van der Waals surface area (Å²) >= 11 is 0. The Morgan fingerprint density at radius 3 is 2.17 bits per heavy atom. The van der Waals surface area contributed by atoms with Crippen molar-refractivity contribution in [3.05, 3.63) is 0 Å². The summed E-state index contributed by atoms with van der Waals surface area (Å²) < 4.78 is 0. The number of halogens is 2. The number of rotatable bonds is 6. The monoisotopic (exact) mass is 381 g/mol. The van der Waals surface area contributed by atoms with E-state index in [9.17, 15) is 4.79 Å². The first-order chi connectivity index (χ1) is 10.6. The van der Waals surface area contributed by atoms with Crippen molar-refractivity contribution in [3.63, 3.8) is 0 Å². The summed E-state index contributed by atoms with van der Waals surface area (Å²) in [7, 11) is 0. The minimum Gasteiger partial charge on any atom is -0.343 e. The van der Waals surface area contributed by atoms with Gasteiger partial charge in [0.25, 0.3) is 0 Å². The summed E-state index contributed by atoms with van der Waals surface area (Å²) in [5.41, 5.74) is 6.19. The highest BCUT2D eigenvalue weighted by molar-refractivity contribution is 5.85. The molecule has 2 aliphatic rings. The Morgan fingerprint density at radius 2 is 1.62 bits per heavy atom. The lowest BCUT2D eigenvalue weighted by molar-refractivity contribution is -0.134. The molecular formula is C18H37Cl2N3O. The maximum absolute atomic E-state index is 12.5. The van der Waals surface area contributed by atoms with Crippen LogP contribution in [0.4, 0.5) is 0 Å². The molecule has 2 unspecified atom stereocenters. The number of carbonyl (C=O) groups is 1. The number of nitrogens with zero attached hydrogens (tertiary/aromatic N) is 2. The first-order valence-electron chi connectivity index (χ1n) is 9.39. The van der Waals surface area contributed by atoms with Crippen molar-refractivity contribution in [2.45, 2.75) is 64.8 Å². The first-order valence-corrected chi connectivity index (χ1v) is 9.39. The Balaban J connectivity index is 0.00000264. The number of hydrogen-bond donors (Lipinski definition) is 1. The third kappa shape index (κ3) is 7.07. The molecule has 144 valence electrons. The van der Waals surface area contributed by atoms with Crippen LogP contribution in [0.3, 0.4) is 0 Å². The molecular weight excluding hydrogens is 345 g/mol. The molecule has 2 rings (SSSR count). The molecule has 1 saturated carbocycles. The van der Waals surface area contributed by atoms with Gasteiger partial charge < -0.3 is 15.5 Å². The van der Waals surface area contributed by atoms with Gasteiger partial charge in [0.2, 0.25) is 5.91 Å². The molecule has 1 heterocycles. The van der Waals surface area contributed by atoms with Crippen LogP contribution in [0.2, 0.25) is 0 Å². The van der Waals surface area contributed by atoms with Gasteiger partial charge in [-0.25, -0.2) is 0 Å². The SMILES string of the molecule is CCN(CC)CC1CCN(C(=O)CC2CCCCC2N)CC1.Cl.Cl. The number of hydrogen-bond acceptors (Lipinski definition) is 3. The number of nitrogens with two attached hydrogens (primary N) is 1. The molecule has 4 nitrogen and oxygen atoms in total. The van der Waals surface area contributed by atoms with E-state index in [1.165, 1.54) is 32.2 Å². The zero-order valence-corrected chi connectivity index (χ0v) is 17.0. The van der Waals surface area contributed by atoms with E-state index in [1.807, 2.05) is 0 Å². The topological polar surface area (TPSA) is 49.6 Å². The van der Waals surface area contributed by atoms with Gasteiger partial charge in [-0.15, -0.1) is 24.8 Å². The smallest absolute Gasteiger partial charge is 0.222 e. The number of amides is 1. The van der Waals surface area contributed by atoms with Crippen LogP contribution < -0.4 is 5.73 Å². The van der Waals surface area contributed by atoms with E-state index in [0.717, 1.165) is 44.9 Å². The lowest BCUT2D eigenvalue weighted by Crippen LogP contribution is -2.43. The second kappa shape index (κ2) is 12.3. The van der Waals surface area contributed by atoms with Crippen molar-refractivity contribution >= 4 is 30.7 Å². The maximum atomic E-state index is 12.5. The van der Waals surface area contributed by atoms with Crippen LogP contribution in [0, 0.1) is 11.8 Å². The fourth-order valence-electron chi connectivity index (χ4n) is 4.06.